The van der Waals surface area contributed by atoms with Crippen molar-refractivity contribution in [1.82, 2.24) is 5.32 Å². The molecule has 0 aliphatic heterocycles. The lowest BCUT2D eigenvalue weighted by atomic mass is 10.1. The average molecular weight is 284 g/mol. The van der Waals surface area contributed by atoms with Gasteiger partial charge in [0.25, 0.3) is 0 Å². The van der Waals surface area contributed by atoms with Crippen LogP contribution in [0.3, 0.4) is 0 Å². The van der Waals surface area contributed by atoms with Crippen LogP contribution in [0, 0.1) is 5.82 Å². The first kappa shape index (κ1) is 11.4. The van der Waals surface area contributed by atoms with Crippen molar-refractivity contribution < 1.29 is 8.81 Å². The quantitative estimate of drug-likeness (QED) is 0.932. The third-order valence-corrected chi connectivity index (χ3v) is 2.92. The van der Waals surface area contributed by atoms with Gasteiger partial charge in [-0.1, -0.05) is 12.1 Å². The molecule has 0 aliphatic carbocycles. The summed E-state index contributed by atoms with van der Waals surface area (Å²) < 4.78 is 19.8. The fourth-order valence-electron chi connectivity index (χ4n) is 1.52. The zero-order valence-electron chi connectivity index (χ0n) is 8.76. The van der Waals surface area contributed by atoms with Gasteiger partial charge in [-0.05, 0) is 35.1 Å². The highest BCUT2D eigenvalue weighted by Crippen LogP contribution is 2.30. The summed E-state index contributed by atoms with van der Waals surface area (Å²) in [5.74, 6) is 0.421. The molecule has 1 heterocycles. The second kappa shape index (κ2) is 4.80. The largest absolute Gasteiger partial charge is 0.463 e. The molecule has 84 valence electrons. The van der Waals surface area contributed by atoms with E-state index in [1.54, 1.807) is 25.4 Å². The average Bonchev–Trinajstić information content (AvgIpc) is 2.68. The Morgan fingerprint density at radius 2 is 2.19 bits per heavy atom. The lowest BCUT2D eigenvalue weighted by molar-refractivity contribution is 0.576. The van der Waals surface area contributed by atoms with Crippen molar-refractivity contribution in [3.8, 4) is 11.3 Å². The summed E-state index contributed by atoms with van der Waals surface area (Å²) >= 11 is 3.35. The summed E-state index contributed by atoms with van der Waals surface area (Å²) in [5, 5.41) is 2.92. The zero-order valence-corrected chi connectivity index (χ0v) is 10.3. The lowest BCUT2D eigenvalue weighted by Crippen LogP contribution is -2.06. The van der Waals surface area contributed by atoms with Crippen LogP contribution in [-0.2, 0) is 6.54 Å². The molecule has 2 nitrogen and oxygen atoms in total. The van der Waals surface area contributed by atoms with Crippen molar-refractivity contribution in [2.45, 2.75) is 6.54 Å². The fraction of sp³-hybridized carbons (Fsp3) is 0.167. The molecule has 1 N–H and O–H groups in total. The van der Waals surface area contributed by atoms with Gasteiger partial charge in [0.2, 0.25) is 0 Å². The summed E-state index contributed by atoms with van der Waals surface area (Å²) in [6.07, 6.45) is 1.57. The van der Waals surface area contributed by atoms with Crippen molar-refractivity contribution in [3.05, 3.63) is 46.4 Å². The summed E-state index contributed by atoms with van der Waals surface area (Å²) in [5.41, 5.74) is 1.38. The van der Waals surface area contributed by atoms with E-state index < -0.39 is 0 Å². The number of hydrogen-bond donors (Lipinski definition) is 1. The van der Waals surface area contributed by atoms with E-state index in [2.05, 4.69) is 21.2 Å². The van der Waals surface area contributed by atoms with E-state index in [9.17, 15) is 4.39 Å². The minimum atomic E-state index is -0.227. The Bertz CT molecular complexity index is 496. The first-order valence-corrected chi connectivity index (χ1v) is 5.68. The Morgan fingerprint density at radius 1 is 1.38 bits per heavy atom. The summed E-state index contributed by atoms with van der Waals surface area (Å²) in [7, 11) is 1.79. The van der Waals surface area contributed by atoms with Crippen LogP contribution in [0.1, 0.15) is 5.56 Å². The normalized spacial score (nSPS) is 10.7. The smallest absolute Gasteiger partial charge is 0.148 e. The molecule has 0 bridgehead atoms. The van der Waals surface area contributed by atoms with Crippen molar-refractivity contribution >= 4 is 15.9 Å². The fourth-order valence-corrected chi connectivity index (χ4v) is 1.95. The van der Waals surface area contributed by atoms with Gasteiger partial charge in [0.1, 0.15) is 11.6 Å². The SMILES string of the molecule is CNCc1ccc(-c2occc2Br)cc1F. The molecule has 4 heteroatoms. The molecule has 0 radical (unpaired) electrons. The van der Waals surface area contributed by atoms with E-state index in [-0.39, 0.29) is 5.82 Å². The van der Waals surface area contributed by atoms with Gasteiger partial charge in [0, 0.05) is 17.7 Å². The summed E-state index contributed by atoms with van der Waals surface area (Å²) in [6.45, 7) is 0.519. The molecule has 0 saturated heterocycles. The van der Waals surface area contributed by atoms with E-state index in [4.69, 9.17) is 4.42 Å². The highest BCUT2D eigenvalue weighted by Gasteiger charge is 2.09. The van der Waals surface area contributed by atoms with E-state index in [0.29, 0.717) is 17.9 Å². The molecule has 0 atom stereocenters. The lowest BCUT2D eigenvalue weighted by Gasteiger charge is -2.04. The molecule has 0 fully saturated rings. The number of nitrogens with one attached hydrogen (secondary N) is 1. The molecule has 1 aromatic carbocycles. The van der Waals surface area contributed by atoms with Crippen LogP contribution in [0.25, 0.3) is 11.3 Å². The maximum Gasteiger partial charge on any atom is 0.148 e. The van der Waals surface area contributed by atoms with E-state index >= 15 is 0 Å². The van der Waals surface area contributed by atoms with Crippen molar-refractivity contribution in [3.63, 3.8) is 0 Å². The molecular formula is C12H11BrFNO. The maximum atomic E-state index is 13.7. The third kappa shape index (κ3) is 2.18. The molecule has 2 aromatic rings. The Kier molecular flexibility index (Phi) is 3.41. The predicted molar refractivity (Wildman–Crippen MR) is 64.6 cm³/mol. The first-order valence-electron chi connectivity index (χ1n) is 4.88. The van der Waals surface area contributed by atoms with Gasteiger partial charge < -0.3 is 9.73 Å². The topological polar surface area (TPSA) is 25.2 Å². The summed E-state index contributed by atoms with van der Waals surface area (Å²) in [6, 6.07) is 6.88. The molecule has 1 aromatic heterocycles. The maximum absolute atomic E-state index is 13.7. The van der Waals surface area contributed by atoms with Crippen LogP contribution in [-0.4, -0.2) is 7.05 Å². The Labute approximate surface area is 102 Å². The predicted octanol–water partition coefficient (Wildman–Crippen LogP) is 3.57. The zero-order chi connectivity index (χ0) is 11.5. The number of hydrogen-bond acceptors (Lipinski definition) is 2. The number of furan rings is 1. The van der Waals surface area contributed by atoms with E-state index in [1.807, 2.05) is 6.07 Å². The molecule has 2 rings (SSSR count). The third-order valence-electron chi connectivity index (χ3n) is 2.30. The van der Waals surface area contributed by atoms with Crippen LogP contribution in [0.4, 0.5) is 4.39 Å². The Hall–Kier alpha value is -1.13. The molecular weight excluding hydrogens is 273 g/mol. The van der Waals surface area contributed by atoms with Gasteiger partial charge in [0.05, 0.1) is 10.7 Å². The number of benzene rings is 1. The Balaban J connectivity index is 2.38. The molecule has 0 amide bonds. The van der Waals surface area contributed by atoms with Crippen LogP contribution in [0.5, 0.6) is 0 Å². The minimum Gasteiger partial charge on any atom is -0.463 e. The van der Waals surface area contributed by atoms with Crippen LogP contribution in [0.15, 0.2) is 39.4 Å². The van der Waals surface area contributed by atoms with Crippen molar-refractivity contribution in [2.24, 2.45) is 0 Å². The van der Waals surface area contributed by atoms with Gasteiger partial charge in [-0.15, -0.1) is 0 Å². The molecule has 0 aliphatic rings. The van der Waals surface area contributed by atoms with Crippen molar-refractivity contribution in [1.29, 1.82) is 0 Å². The van der Waals surface area contributed by atoms with Crippen molar-refractivity contribution in [2.75, 3.05) is 7.05 Å². The van der Waals surface area contributed by atoms with Gasteiger partial charge in [-0.3, -0.25) is 0 Å². The van der Waals surface area contributed by atoms with Crippen LogP contribution < -0.4 is 5.32 Å². The van der Waals surface area contributed by atoms with Gasteiger partial charge in [-0.2, -0.15) is 0 Å². The van der Waals surface area contributed by atoms with Gasteiger partial charge in [-0.25, -0.2) is 4.39 Å². The molecule has 16 heavy (non-hydrogen) atoms. The number of halogens is 2. The Morgan fingerprint density at radius 3 is 2.75 bits per heavy atom. The van der Waals surface area contributed by atoms with Gasteiger partial charge >= 0.3 is 0 Å². The molecule has 0 saturated carbocycles. The highest BCUT2D eigenvalue weighted by molar-refractivity contribution is 9.10. The van der Waals surface area contributed by atoms with E-state index in [1.165, 1.54) is 6.07 Å². The summed E-state index contributed by atoms with van der Waals surface area (Å²) in [4.78, 5) is 0. The molecule has 0 spiro atoms. The standard InChI is InChI=1S/C12H11BrFNO/c1-15-7-9-3-2-8(6-11(9)14)12-10(13)4-5-16-12/h2-6,15H,7H2,1H3. The molecule has 0 unspecified atom stereocenters. The monoisotopic (exact) mass is 283 g/mol. The van der Waals surface area contributed by atoms with E-state index in [0.717, 1.165) is 10.0 Å². The number of rotatable bonds is 3. The minimum absolute atomic E-state index is 0.227. The first-order chi connectivity index (χ1) is 7.72. The van der Waals surface area contributed by atoms with Crippen LogP contribution >= 0.6 is 15.9 Å². The van der Waals surface area contributed by atoms with Crippen LogP contribution in [0.2, 0.25) is 0 Å². The second-order valence-electron chi connectivity index (χ2n) is 3.43. The van der Waals surface area contributed by atoms with Gasteiger partial charge in [0.15, 0.2) is 0 Å². The second-order valence-corrected chi connectivity index (χ2v) is 4.29. The highest BCUT2D eigenvalue weighted by atomic mass is 79.9.